The van der Waals surface area contributed by atoms with Gasteiger partial charge in [-0.15, -0.1) is 4.08 Å². The minimum atomic E-state index is -3.55. The summed E-state index contributed by atoms with van der Waals surface area (Å²) in [6, 6.07) is 7.30. The van der Waals surface area contributed by atoms with Gasteiger partial charge in [-0.3, -0.25) is 13.9 Å². The molecule has 3 fully saturated rings. The lowest BCUT2D eigenvalue weighted by Gasteiger charge is -2.29. The molecule has 2 atom stereocenters. The average molecular weight is 485 g/mol. The summed E-state index contributed by atoms with van der Waals surface area (Å²) in [5, 5.41) is 0. The molecule has 10 heteroatoms. The van der Waals surface area contributed by atoms with Crippen molar-refractivity contribution < 1.29 is 27.3 Å². The Labute approximate surface area is 194 Å². The fourth-order valence-corrected chi connectivity index (χ4v) is 7.78. The van der Waals surface area contributed by atoms with Crippen LogP contribution in [0.5, 0.6) is 5.75 Å². The van der Waals surface area contributed by atoms with Gasteiger partial charge in [0.1, 0.15) is 5.75 Å². The topological polar surface area (TPSA) is 77.5 Å². The van der Waals surface area contributed by atoms with Crippen LogP contribution < -0.4 is 9.64 Å². The Balaban J connectivity index is 1.46. The maximum Gasteiger partial charge on any atom is 0.427 e. The van der Waals surface area contributed by atoms with Crippen molar-refractivity contribution >= 4 is 31.8 Å². The number of ether oxygens (including phenoxy) is 1. The van der Waals surface area contributed by atoms with Crippen molar-refractivity contribution in [2.75, 3.05) is 11.9 Å². The Morgan fingerprint density at radius 3 is 2.28 bits per heavy atom. The lowest BCUT2D eigenvalue weighted by molar-refractivity contribution is 0.110. The number of anilines is 1. The van der Waals surface area contributed by atoms with Crippen molar-refractivity contribution in [2.24, 2.45) is 0 Å². The lowest BCUT2D eigenvalue weighted by atomic mass is 9.95. The molecule has 1 aliphatic heterocycles. The molecule has 2 unspecified atom stereocenters. The van der Waals surface area contributed by atoms with Crippen molar-refractivity contribution in [1.82, 2.24) is 4.08 Å². The zero-order valence-corrected chi connectivity index (χ0v) is 20.7. The van der Waals surface area contributed by atoms with Gasteiger partial charge in [-0.1, -0.05) is 37.8 Å². The van der Waals surface area contributed by atoms with E-state index >= 15 is 0 Å². The Morgan fingerprint density at radius 2 is 1.66 bits per heavy atom. The second-order valence-corrected chi connectivity index (χ2v) is 11.7. The quantitative estimate of drug-likeness (QED) is 0.253. The van der Waals surface area contributed by atoms with Crippen LogP contribution >= 0.6 is 20.0 Å². The van der Waals surface area contributed by atoms with E-state index in [1.54, 1.807) is 17.2 Å². The van der Waals surface area contributed by atoms with Gasteiger partial charge in [0, 0.05) is 13.1 Å². The number of rotatable bonds is 7. The molecular weight excluding hydrogens is 451 g/mol. The van der Waals surface area contributed by atoms with Crippen LogP contribution in [0, 0.1) is 0 Å². The molecule has 1 aromatic rings. The van der Waals surface area contributed by atoms with Crippen molar-refractivity contribution in [3.8, 4) is 5.75 Å². The average Bonchev–Trinajstić information content (AvgIpc) is 3.40. The first kappa shape index (κ1) is 23.9. The van der Waals surface area contributed by atoms with E-state index in [1.807, 2.05) is 32.0 Å². The van der Waals surface area contributed by atoms with E-state index in [2.05, 4.69) is 0 Å². The first-order valence-corrected chi connectivity index (χ1v) is 13.7. The molecule has 0 spiro atoms. The molecule has 0 radical (unpaired) electrons. The van der Waals surface area contributed by atoms with Gasteiger partial charge in [-0.25, -0.2) is 9.36 Å². The number of amides is 1. The number of nitrogens with zero attached hydrogens (tertiary/aromatic N) is 2. The van der Waals surface area contributed by atoms with Gasteiger partial charge in [0.25, 0.3) is 0 Å². The molecule has 1 saturated heterocycles. The highest BCUT2D eigenvalue weighted by Gasteiger charge is 2.52. The van der Waals surface area contributed by atoms with Gasteiger partial charge in [0.05, 0.1) is 24.0 Å². The number of hydrogen-bond acceptors (Lipinski definition) is 7. The normalized spacial score (nSPS) is 28.2. The van der Waals surface area contributed by atoms with Crippen LogP contribution in [-0.4, -0.2) is 41.6 Å². The largest absolute Gasteiger partial charge is 0.489 e. The third-order valence-electron chi connectivity index (χ3n) is 6.11. The second kappa shape index (κ2) is 10.3. The standard InChI is InChI=1S/C22H33N2O6PS/c1-16(2)27-19-13-7-6-12-18(19)23(3)22(25)30-32-24(17-10-4-5-11-17)31(26)28-20-14-8-9-15-21(20)29-31/h6-7,12-13,16-17,20-21H,4-5,8-11,14-15H2,1-3H3. The molecule has 2 saturated carbocycles. The number of carbonyl (C=O) groups excluding carboxylic acids is 1. The predicted octanol–water partition coefficient (Wildman–Crippen LogP) is 6.32. The van der Waals surface area contributed by atoms with E-state index in [9.17, 15) is 9.36 Å². The molecule has 1 heterocycles. The predicted molar refractivity (Wildman–Crippen MR) is 125 cm³/mol. The number of hydrogen-bond donors (Lipinski definition) is 0. The van der Waals surface area contributed by atoms with Gasteiger partial charge >= 0.3 is 13.8 Å². The van der Waals surface area contributed by atoms with Crippen molar-refractivity contribution in [2.45, 2.75) is 89.6 Å². The fourth-order valence-electron chi connectivity index (χ4n) is 4.50. The SMILES string of the molecule is CC(C)Oc1ccccc1N(C)C(=O)OSN(C1CCCC1)P1(=O)OC2CCCCC2O1. The Hall–Kier alpha value is -1.25. The van der Waals surface area contributed by atoms with E-state index in [-0.39, 0.29) is 24.4 Å². The molecule has 1 aromatic carbocycles. The summed E-state index contributed by atoms with van der Waals surface area (Å²) in [6.45, 7) is 3.86. The van der Waals surface area contributed by atoms with Gasteiger partial charge in [0.15, 0.2) is 12.2 Å². The van der Waals surface area contributed by atoms with Gasteiger partial charge in [-0.2, -0.15) is 0 Å². The molecule has 2 aliphatic carbocycles. The van der Waals surface area contributed by atoms with Crippen LogP contribution in [-0.2, 0) is 17.8 Å². The highest BCUT2D eigenvalue weighted by Crippen LogP contribution is 2.65. The summed E-state index contributed by atoms with van der Waals surface area (Å²) in [5.74, 6) is 0.596. The zero-order chi connectivity index (χ0) is 22.7. The summed E-state index contributed by atoms with van der Waals surface area (Å²) < 4.78 is 38.7. The zero-order valence-electron chi connectivity index (χ0n) is 19.0. The van der Waals surface area contributed by atoms with Gasteiger partial charge in [0.2, 0.25) is 0 Å². The number of fused-ring (bicyclic) bond motifs is 1. The molecule has 0 N–H and O–H groups in total. The van der Waals surface area contributed by atoms with E-state index < -0.39 is 13.8 Å². The Bertz CT molecular complexity index is 831. The summed E-state index contributed by atoms with van der Waals surface area (Å²) in [5.41, 5.74) is 0.602. The Kier molecular flexibility index (Phi) is 7.73. The summed E-state index contributed by atoms with van der Waals surface area (Å²) in [4.78, 5) is 14.3. The third kappa shape index (κ3) is 5.28. The maximum atomic E-state index is 13.7. The second-order valence-electron chi connectivity index (χ2n) is 8.90. The van der Waals surface area contributed by atoms with E-state index in [0.29, 0.717) is 11.4 Å². The molecule has 0 aromatic heterocycles. The van der Waals surface area contributed by atoms with Crippen molar-refractivity contribution in [3.05, 3.63) is 24.3 Å². The highest BCUT2D eigenvalue weighted by atomic mass is 32.2. The van der Waals surface area contributed by atoms with Crippen LogP contribution in [0.4, 0.5) is 10.5 Å². The first-order chi connectivity index (χ1) is 15.4. The van der Waals surface area contributed by atoms with Crippen LogP contribution in [0.25, 0.3) is 0 Å². The molecule has 4 rings (SSSR count). The van der Waals surface area contributed by atoms with Gasteiger partial charge in [-0.05, 0) is 51.7 Å². The van der Waals surface area contributed by atoms with Crippen LogP contribution in [0.1, 0.15) is 65.2 Å². The number of para-hydroxylation sites is 2. The molecule has 3 aliphatic rings. The van der Waals surface area contributed by atoms with E-state index in [4.69, 9.17) is 18.0 Å². The van der Waals surface area contributed by atoms with Crippen LogP contribution in [0.3, 0.4) is 0 Å². The summed E-state index contributed by atoms with van der Waals surface area (Å²) in [6.07, 6.45) is 6.76. The van der Waals surface area contributed by atoms with E-state index in [0.717, 1.165) is 63.6 Å². The minimum Gasteiger partial charge on any atom is -0.489 e. The molecule has 0 bridgehead atoms. The fraction of sp³-hybridized carbons (Fsp3) is 0.682. The summed E-state index contributed by atoms with van der Waals surface area (Å²) >= 11 is 0.799. The van der Waals surface area contributed by atoms with Gasteiger partial charge < -0.3 is 8.92 Å². The smallest absolute Gasteiger partial charge is 0.427 e. The maximum absolute atomic E-state index is 13.7. The molecule has 178 valence electrons. The van der Waals surface area contributed by atoms with Crippen molar-refractivity contribution in [3.63, 3.8) is 0 Å². The Morgan fingerprint density at radius 1 is 1.06 bits per heavy atom. The van der Waals surface area contributed by atoms with Crippen LogP contribution in [0.15, 0.2) is 24.3 Å². The lowest BCUT2D eigenvalue weighted by Crippen LogP contribution is -2.30. The summed E-state index contributed by atoms with van der Waals surface area (Å²) in [7, 11) is -1.92. The highest BCUT2D eigenvalue weighted by molar-refractivity contribution is 7.97. The first-order valence-electron chi connectivity index (χ1n) is 11.5. The van der Waals surface area contributed by atoms with Crippen LogP contribution in [0.2, 0.25) is 0 Å². The monoisotopic (exact) mass is 484 g/mol. The van der Waals surface area contributed by atoms with Crippen molar-refractivity contribution in [1.29, 1.82) is 0 Å². The number of benzene rings is 1. The number of carbonyl (C=O) groups is 1. The molecule has 32 heavy (non-hydrogen) atoms. The molecule has 1 amide bonds. The molecular formula is C22H33N2O6PS. The third-order valence-corrected chi connectivity index (χ3v) is 9.46. The van der Waals surface area contributed by atoms with E-state index in [1.165, 1.54) is 4.90 Å². The minimum absolute atomic E-state index is 0.0133. The molecule has 8 nitrogen and oxygen atoms in total.